The number of carbonyl (C=O) groups is 1. The first-order chi connectivity index (χ1) is 11.5. The average Bonchev–Trinajstić information content (AvgIpc) is 2.61. The maximum Gasteiger partial charge on any atom is 0.269 e. The van der Waals surface area contributed by atoms with E-state index in [0.717, 1.165) is 10.9 Å². The second-order valence-electron chi connectivity index (χ2n) is 5.38. The van der Waals surface area contributed by atoms with Crippen molar-refractivity contribution in [2.24, 2.45) is 0 Å². The highest BCUT2D eigenvalue weighted by molar-refractivity contribution is 5.96. The van der Waals surface area contributed by atoms with Crippen LogP contribution in [0.2, 0.25) is 0 Å². The highest BCUT2D eigenvalue weighted by Crippen LogP contribution is 2.21. The third kappa shape index (κ3) is 3.28. The number of fused-ring (bicyclic) bond motifs is 1. The van der Waals surface area contributed by atoms with Crippen molar-refractivity contribution in [1.29, 1.82) is 0 Å². The van der Waals surface area contributed by atoms with E-state index in [4.69, 9.17) is 0 Å². The molecule has 1 unspecified atom stereocenters. The number of carbonyl (C=O) groups excluding carboxylic acids is 1. The van der Waals surface area contributed by atoms with Gasteiger partial charge in [0, 0.05) is 29.5 Å². The van der Waals surface area contributed by atoms with Gasteiger partial charge in [0.1, 0.15) is 6.10 Å². The van der Waals surface area contributed by atoms with Gasteiger partial charge in [-0.05, 0) is 24.3 Å². The number of Topliss-reactive ketones (excluding diaryl/α,β-unsaturated/α-hetero) is 1. The third-order valence-electron chi connectivity index (χ3n) is 3.74. The van der Waals surface area contributed by atoms with Crippen LogP contribution in [0.5, 0.6) is 0 Å². The Hall–Kier alpha value is -3.12. The zero-order chi connectivity index (χ0) is 17.1. The topological polar surface area (TPSA) is 93.3 Å². The van der Waals surface area contributed by atoms with Crippen molar-refractivity contribution in [2.75, 3.05) is 0 Å². The lowest BCUT2D eigenvalue weighted by atomic mass is 10.0. The number of aliphatic hydroxyl groups is 1. The summed E-state index contributed by atoms with van der Waals surface area (Å²) >= 11 is 0. The van der Waals surface area contributed by atoms with E-state index in [9.17, 15) is 20.0 Å². The largest absolute Gasteiger partial charge is 0.386 e. The van der Waals surface area contributed by atoms with Gasteiger partial charge in [0.2, 0.25) is 0 Å². The zero-order valence-electron chi connectivity index (χ0n) is 12.6. The summed E-state index contributed by atoms with van der Waals surface area (Å²) in [7, 11) is 0. The summed E-state index contributed by atoms with van der Waals surface area (Å²) in [6.45, 7) is 0. The SMILES string of the molecule is O=C(CC(O)c1ccc2ccccc2n1)c1ccc([N+](=O)[O-])cc1. The number of pyridine rings is 1. The maximum atomic E-state index is 12.2. The lowest BCUT2D eigenvalue weighted by Gasteiger charge is -2.10. The number of nitro groups is 1. The van der Waals surface area contributed by atoms with Gasteiger partial charge in [0.15, 0.2) is 5.78 Å². The molecule has 0 aliphatic heterocycles. The monoisotopic (exact) mass is 322 g/mol. The van der Waals surface area contributed by atoms with Crippen molar-refractivity contribution in [1.82, 2.24) is 4.98 Å². The van der Waals surface area contributed by atoms with Gasteiger partial charge < -0.3 is 5.11 Å². The highest BCUT2D eigenvalue weighted by Gasteiger charge is 2.17. The van der Waals surface area contributed by atoms with Crippen LogP contribution in [0, 0.1) is 10.1 Å². The van der Waals surface area contributed by atoms with Crippen LogP contribution in [0.25, 0.3) is 10.9 Å². The molecule has 0 spiro atoms. The van der Waals surface area contributed by atoms with Crippen LogP contribution in [0.4, 0.5) is 5.69 Å². The third-order valence-corrected chi connectivity index (χ3v) is 3.74. The van der Waals surface area contributed by atoms with E-state index in [1.54, 1.807) is 6.07 Å². The van der Waals surface area contributed by atoms with E-state index in [1.807, 2.05) is 30.3 Å². The Morgan fingerprint density at radius 2 is 1.79 bits per heavy atom. The molecule has 0 saturated heterocycles. The van der Waals surface area contributed by atoms with E-state index in [0.29, 0.717) is 11.3 Å². The summed E-state index contributed by atoms with van der Waals surface area (Å²) in [4.78, 5) is 26.7. The van der Waals surface area contributed by atoms with Crippen LogP contribution in [0.3, 0.4) is 0 Å². The average molecular weight is 322 g/mol. The fourth-order valence-electron chi connectivity index (χ4n) is 2.43. The van der Waals surface area contributed by atoms with Crippen LogP contribution in [-0.2, 0) is 0 Å². The molecule has 0 bridgehead atoms. The quantitative estimate of drug-likeness (QED) is 0.441. The first kappa shape index (κ1) is 15.8. The number of rotatable bonds is 5. The fraction of sp³-hybridized carbons (Fsp3) is 0.111. The van der Waals surface area contributed by atoms with Crippen molar-refractivity contribution in [3.05, 3.63) is 82.0 Å². The molecular weight excluding hydrogens is 308 g/mol. The summed E-state index contributed by atoms with van der Waals surface area (Å²) in [5.74, 6) is -0.299. The van der Waals surface area contributed by atoms with Crippen molar-refractivity contribution in [3.63, 3.8) is 0 Å². The molecule has 1 heterocycles. The number of nitrogens with zero attached hydrogens (tertiary/aromatic N) is 2. The molecule has 3 aromatic rings. The minimum Gasteiger partial charge on any atom is -0.386 e. The van der Waals surface area contributed by atoms with Crippen LogP contribution < -0.4 is 0 Å². The molecule has 6 heteroatoms. The van der Waals surface area contributed by atoms with Gasteiger partial charge in [-0.2, -0.15) is 0 Å². The van der Waals surface area contributed by atoms with Crippen molar-refractivity contribution in [3.8, 4) is 0 Å². The van der Waals surface area contributed by atoms with Crippen molar-refractivity contribution < 1.29 is 14.8 Å². The Labute approximate surface area is 137 Å². The molecule has 0 aliphatic carbocycles. The molecule has 24 heavy (non-hydrogen) atoms. The highest BCUT2D eigenvalue weighted by atomic mass is 16.6. The summed E-state index contributed by atoms with van der Waals surface area (Å²) in [5.41, 5.74) is 1.41. The molecule has 1 N–H and O–H groups in total. The van der Waals surface area contributed by atoms with E-state index in [1.165, 1.54) is 24.3 Å². The van der Waals surface area contributed by atoms with E-state index >= 15 is 0 Å². The Balaban J connectivity index is 1.76. The minimum absolute atomic E-state index is 0.0803. The Morgan fingerprint density at radius 1 is 1.08 bits per heavy atom. The number of aliphatic hydroxyl groups excluding tert-OH is 1. The van der Waals surface area contributed by atoms with Crippen LogP contribution >= 0.6 is 0 Å². The molecule has 0 fully saturated rings. The molecule has 0 saturated carbocycles. The van der Waals surface area contributed by atoms with E-state index < -0.39 is 11.0 Å². The number of aromatic nitrogens is 1. The van der Waals surface area contributed by atoms with E-state index in [-0.39, 0.29) is 17.9 Å². The molecule has 120 valence electrons. The molecule has 0 amide bonds. The van der Waals surface area contributed by atoms with Crippen LogP contribution in [0.15, 0.2) is 60.7 Å². The van der Waals surface area contributed by atoms with Gasteiger partial charge >= 0.3 is 0 Å². The molecule has 2 aromatic carbocycles. The number of ketones is 1. The number of hydrogen-bond donors (Lipinski definition) is 1. The van der Waals surface area contributed by atoms with Crippen molar-refractivity contribution >= 4 is 22.4 Å². The van der Waals surface area contributed by atoms with Crippen LogP contribution in [-0.4, -0.2) is 20.8 Å². The molecule has 3 rings (SSSR count). The number of benzene rings is 2. The zero-order valence-corrected chi connectivity index (χ0v) is 12.6. The lowest BCUT2D eigenvalue weighted by Crippen LogP contribution is -2.08. The van der Waals surface area contributed by atoms with Gasteiger partial charge in [-0.25, -0.2) is 0 Å². The molecule has 1 aromatic heterocycles. The molecule has 0 radical (unpaired) electrons. The van der Waals surface area contributed by atoms with Gasteiger partial charge in [-0.1, -0.05) is 24.3 Å². The normalized spacial score (nSPS) is 12.0. The molecular formula is C18H14N2O4. The second-order valence-corrected chi connectivity index (χ2v) is 5.38. The Morgan fingerprint density at radius 3 is 2.50 bits per heavy atom. The van der Waals surface area contributed by atoms with Crippen molar-refractivity contribution in [2.45, 2.75) is 12.5 Å². The maximum absolute atomic E-state index is 12.2. The van der Waals surface area contributed by atoms with E-state index in [2.05, 4.69) is 4.98 Å². The lowest BCUT2D eigenvalue weighted by molar-refractivity contribution is -0.384. The predicted molar refractivity (Wildman–Crippen MR) is 88.7 cm³/mol. The predicted octanol–water partition coefficient (Wildman–Crippen LogP) is 3.45. The summed E-state index contributed by atoms with van der Waals surface area (Å²) in [6.07, 6.45) is -1.17. The number of non-ortho nitro benzene ring substituents is 1. The second kappa shape index (κ2) is 6.55. The van der Waals surface area contributed by atoms with Gasteiger partial charge in [-0.15, -0.1) is 0 Å². The van der Waals surface area contributed by atoms with Gasteiger partial charge in [0.25, 0.3) is 5.69 Å². The smallest absolute Gasteiger partial charge is 0.269 e. The molecule has 6 nitrogen and oxygen atoms in total. The fourth-order valence-corrected chi connectivity index (χ4v) is 2.43. The summed E-state index contributed by atoms with van der Waals surface area (Å²) in [6, 6.07) is 16.4. The Kier molecular flexibility index (Phi) is 4.31. The van der Waals surface area contributed by atoms with Crippen LogP contribution in [0.1, 0.15) is 28.6 Å². The standard InChI is InChI=1S/C18H14N2O4/c21-17(13-5-8-14(9-6-13)20(23)24)11-18(22)16-10-7-12-3-1-2-4-15(12)19-16/h1-10,18,22H,11H2. The minimum atomic E-state index is -1.03. The van der Waals surface area contributed by atoms with Gasteiger partial charge in [0.05, 0.1) is 16.1 Å². The van der Waals surface area contributed by atoms with Gasteiger partial charge in [-0.3, -0.25) is 19.9 Å². The number of hydrogen-bond acceptors (Lipinski definition) is 5. The number of para-hydroxylation sites is 1. The first-order valence-electron chi connectivity index (χ1n) is 7.36. The molecule has 1 atom stereocenters. The Bertz CT molecular complexity index is 906. The first-order valence-corrected chi connectivity index (χ1v) is 7.36. The number of nitro benzene ring substituents is 1. The summed E-state index contributed by atoms with van der Waals surface area (Å²) in [5, 5.41) is 21.8. The molecule has 0 aliphatic rings. The summed E-state index contributed by atoms with van der Waals surface area (Å²) < 4.78 is 0.